The molecule has 0 aromatic carbocycles. The van der Waals surface area contributed by atoms with Gasteiger partial charge in [-0.05, 0) is 25.5 Å². The fourth-order valence-corrected chi connectivity index (χ4v) is 1.98. The Morgan fingerprint density at radius 1 is 1.57 bits per heavy atom. The average molecular weight is 195 g/mol. The standard InChI is InChI=1S/C9H17N5/c10-8-3-5-13-9(11,14-8)7-2-1-4-12-6-7/h3,5,7,12-13H,1-2,4,6,11H2,(H2,10,14). The number of amidine groups is 1. The van der Waals surface area contributed by atoms with E-state index >= 15 is 0 Å². The van der Waals surface area contributed by atoms with Crippen LogP contribution in [-0.4, -0.2) is 24.7 Å². The van der Waals surface area contributed by atoms with E-state index in [9.17, 15) is 0 Å². The lowest BCUT2D eigenvalue weighted by molar-refractivity contribution is 0.202. The van der Waals surface area contributed by atoms with Crippen LogP contribution in [0.25, 0.3) is 0 Å². The van der Waals surface area contributed by atoms with Gasteiger partial charge in [-0.1, -0.05) is 0 Å². The zero-order valence-corrected chi connectivity index (χ0v) is 8.16. The average Bonchev–Trinajstić information content (AvgIpc) is 2.19. The van der Waals surface area contributed by atoms with Gasteiger partial charge in [0.2, 0.25) is 0 Å². The summed E-state index contributed by atoms with van der Waals surface area (Å²) in [5.41, 5.74) is 11.8. The number of piperidine rings is 1. The molecule has 2 heterocycles. The molecule has 0 aromatic heterocycles. The Morgan fingerprint density at radius 2 is 2.43 bits per heavy atom. The number of nitrogens with two attached hydrogens (primary N) is 2. The van der Waals surface area contributed by atoms with Gasteiger partial charge in [0.15, 0.2) is 5.79 Å². The number of nitrogens with zero attached hydrogens (tertiary/aromatic N) is 1. The molecule has 2 unspecified atom stereocenters. The topological polar surface area (TPSA) is 88.5 Å². The van der Waals surface area contributed by atoms with E-state index in [-0.39, 0.29) is 0 Å². The predicted molar refractivity (Wildman–Crippen MR) is 56.4 cm³/mol. The second-order valence-corrected chi connectivity index (χ2v) is 3.88. The zero-order chi connectivity index (χ0) is 10.0. The minimum Gasteiger partial charge on any atom is -0.384 e. The van der Waals surface area contributed by atoms with Crippen LogP contribution in [0.1, 0.15) is 12.8 Å². The van der Waals surface area contributed by atoms with Crippen LogP contribution in [0.3, 0.4) is 0 Å². The second-order valence-electron chi connectivity index (χ2n) is 3.88. The third-order valence-electron chi connectivity index (χ3n) is 2.80. The molecular formula is C9H17N5. The lowest BCUT2D eigenvalue weighted by atomic mass is 9.92. The molecule has 2 rings (SSSR count). The van der Waals surface area contributed by atoms with Crippen molar-refractivity contribution >= 4 is 5.84 Å². The van der Waals surface area contributed by atoms with Crippen LogP contribution >= 0.6 is 0 Å². The summed E-state index contributed by atoms with van der Waals surface area (Å²) in [5, 5.41) is 6.40. The molecular weight excluding hydrogens is 178 g/mol. The number of hydrogen-bond donors (Lipinski definition) is 4. The molecule has 2 atom stereocenters. The van der Waals surface area contributed by atoms with Gasteiger partial charge < -0.3 is 16.4 Å². The molecule has 14 heavy (non-hydrogen) atoms. The molecule has 5 nitrogen and oxygen atoms in total. The lowest BCUT2D eigenvalue weighted by Gasteiger charge is -2.38. The van der Waals surface area contributed by atoms with E-state index in [0.717, 1.165) is 25.9 Å². The zero-order valence-electron chi connectivity index (χ0n) is 8.16. The van der Waals surface area contributed by atoms with Gasteiger partial charge >= 0.3 is 0 Å². The molecule has 6 N–H and O–H groups in total. The number of hydrogen-bond acceptors (Lipinski definition) is 5. The summed E-state index contributed by atoms with van der Waals surface area (Å²) < 4.78 is 0. The molecule has 0 aromatic rings. The van der Waals surface area contributed by atoms with Crippen LogP contribution in [-0.2, 0) is 0 Å². The van der Waals surface area contributed by atoms with Crippen molar-refractivity contribution in [1.29, 1.82) is 0 Å². The molecule has 0 amide bonds. The first-order valence-corrected chi connectivity index (χ1v) is 5.00. The maximum absolute atomic E-state index is 6.15. The van der Waals surface area contributed by atoms with E-state index in [1.54, 1.807) is 12.3 Å². The van der Waals surface area contributed by atoms with Crippen molar-refractivity contribution in [2.45, 2.75) is 18.6 Å². The van der Waals surface area contributed by atoms with Gasteiger partial charge in [-0.3, -0.25) is 5.73 Å². The number of rotatable bonds is 1. The monoisotopic (exact) mass is 195 g/mol. The number of nitrogens with one attached hydrogen (secondary N) is 2. The van der Waals surface area contributed by atoms with Crippen molar-refractivity contribution < 1.29 is 0 Å². The SMILES string of the molecule is NC1=NC(N)(C2CCCNC2)NC=C1. The Morgan fingerprint density at radius 3 is 3.07 bits per heavy atom. The van der Waals surface area contributed by atoms with Crippen LogP contribution in [0, 0.1) is 5.92 Å². The Labute approximate surface area is 83.6 Å². The van der Waals surface area contributed by atoms with Gasteiger partial charge in [0.25, 0.3) is 0 Å². The maximum Gasteiger partial charge on any atom is 0.188 e. The van der Waals surface area contributed by atoms with Crippen LogP contribution in [0.2, 0.25) is 0 Å². The highest BCUT2D eigenvalue weighted by atomic mass is 15.3. The first kappa shape index (κ1) is 9.48. The minimum atomic E-state index is -0.716. The fourth-order valence-electron chi connectivity index (χ4n) is 1.98. The van der Waals surface area contributed by atoms with E-state index in [0.29, 0.717) is 11.8 Å². The van der Waals surface area contributed by atoms with Crippen molar-refractivity contribution in [3.8, 4) is 0 Å². The summed E-state index contributed by atoms with van der Waals surface area (Å²) in [7, 11) is 0. The van der Waals surface area contributed by atoms with Crippen molar-refractivity contribution in [2.24, 2.45) is 22.4 Å². The summed E-state index contributed by atoms with van der Waals surface area (Å²) in [5.74, 6) is 0.0864. The first-order valence-electron chi connectivity index (χ1n) is 5.00. The molecule has 2 aliphatic rings. The third-order valence-corrected chi connectivity index (χ3v) is 2.80. The highest BCUT2D eigenvalue weighted by molar-refractivity contribution is 5.92. The molecule has 0 saturated carbocycles. The highest BCUT2D eigenvalue weighted by Crippen LogP contribution is 2.22. The van der Waals surface area contributed by atoms with Gasteiger partial charge in [-0.2, -0.15) is 0 Å². The van der Waals surface area contributed by atoms with E-state index in [1.807, 2.05) is 0 Å². The smallest absolute Gasteiger partial charge is 0.188 e. The van der Waals surface area contributed by atoms with Gasteiger partial charge in [0.1, 0.15) is 5.84 Å². The number of aliphatic imine (C=N–C) groups is 1. The fraction of sp³-hybridized carbons (Fsp3) is 0.667. The maximum atomic E-state index is 6.15. The summed E-state index contributed by atoms with van der Waals surface area (Å²) in [4.78, 5) is 4.27. The summed E-state index contributed by atoms with van der Waals surface area (Å²) >= 11 is 0. The van der Waals surface area contributed by atoms with Crippen LogP contribution < -0.4 is 22.1 Å². The highest BCUT2D eigenvalue weighted by Gasteiger charge is 2.35. The molecule has 0 aliphatic carbocycles. The van der Waals surface area contributed by atoms with Gasteiger partial charge in [-0.25, -0.2) is 4.99 Å². The molecule has 1 fully saturated rings. The first-order chi connectivity index (χ1) is 6.71. The third kappa shape index (κ3) is 1.73. The largest absolute Gasteiger partial charge is 0.384 e. The normalized spacial score (nSPS) is 37.5. The van der Waals surface area contributed by atoms with Crippen LogP contribution in [0.15, 0.2) is 17.3 Å². The predicted octanol–water partition coefficient (Wildman–Crippen LogP) is -0.927. The van der Waals surface area contributed by atoms with Gasteiger partial charge in [-0.15, -0.1) is 0 Å². The second kappa shape index (κ2) is 3.59. The molecule has 2 aliphatic heterocycles. The van der Waals surface area contributed by atoms with Crippen molar-refractivity contribution in [2.75, 3.05) is 13.1 Å². The molecule has 5 heteroatoms. The lowest BCUT2D eigenvalue weighted by Crippen LogP contribution is -2.61. The van der Waals surface area contributed by atoms with Gasteiger partial charge in [0.05, 0.1) is 0 Å². The van der Waals surface area contributed by atoms with Crippen molar-refractivity contribution in [3.05, 3.63) is 12.3 Å². The summed E-state index contributed by atoms with van der Waals surface area (Å²) in [6.45, 7) is 1.97. The van der Waals surface area contributed by atoms with Crippen LogP contribution in [0.4, 0.5) is 0 Å². The van der Waals surface area contributed by atoms with Crippen LogP contribution in [0.5, 0.6) is 0 Å². The van der Waals surface area contributed by atoms with Gasteiger partial charge in [0, 0.05) is 18.7 Å². The minimum absolute atomic E-state index is 0.305. The van der Waals surface area contributed by atoms with E-state index in [4.69, 9.17) is 11.5 Å². The summed E-state index contributed by atoms with van der Waals surface area (Å²) in [6, 6.07) is 0. The Hall–Kier alpha value is -1.07. The van der Waals surface area contributed by atoms with Crippen molar-refractivity contribution in [1.82, 2.24) is 10.6 Å². The Balaban J connectivity index is 2.11. The molecule has 78 valence electrons. The Kier molecular flexibility index (Phi) is 2.43. The Bertz CT molecular complexity index is 266. The van der Waals surface area contributed by atoms with E-state index in [1.165, 1.54) is 0 Å². The summed E-state index contributed by atoms with van der Waals surface area (Å²) in [6.07, 6.45) is 5.73. The molecule has 0 spiro atoms. The van der Waals surface area contributed by atoms with Crippen molar-refractivity contribution in [3.63, 3.8) is 0 Å². The quantitative estimate of drug-likeness (QED) is 0.435. The molecule has 0 bridgehead atoms. The molecule has 1 saturated heterocycles. The van der Waals surface area contributed by atoms with E-state index in [2.05, 4.69) is 15.6 Å². The van der Waals surface area contributed by atoms with E-state index < -0.39 is 5.79 Å². The molecule has 0 radical (unpaired) electrons.